The molecule has 0 spiro atoms. The summed E-state index contributed by atoms with van der Waals surface area (Å²) in [6, 6.07) is 16.3. The Balaban J connectivity index is 1.18. The van der Waals surface area contributed by atoms with Gasteiger partial charge < -0.3 is 24.4 Å². The fraction of sp³-hybridized carbons (Fsp3) is 0.429. The van der Waals surface area contributed by atoms with Crippen molar-refractivity contribution in [2.24, 2.45) is 17.8 Å². The number of nitriles is 1. The Bertz CT molecular complexity index is 2470. The van der Waals surface area contributed by atoms with Crippen LogP contribution in [-0.2, 0) is 11.2 Å². The highest BCUT2D eigenvalue weighted by Gasteiger charge is 2.55. The molecule has 288 valence electrons. The van der Waals surface area contributed by atoms with Crippen LogP contribution in [0, 0.1) is 41.8 Å². The molecule has 14 heteroatoms. The average molecular weight is 801 g/mol. The van der Waals surface area contributed by atoms with Gasteiger partial charge in [-0.2, -0.15) is 19.0 Å². The van der Waals surface area contributed by atoms with Crippen LogP contribution in [0.15, 0.2) is 48.5 Å². The molecule has 2 saturated carbocycles. The minimum Gasteiger partial charge on any atom is -0.417 e. The molecule has 1 N–H and O–H groups in total. The minimum atomic E-state index is -2.99. The van der Waals surface area contributed by atoms with Crippen LogP contribution in [0.1, 0.15) is 61.1 Å². The van der Waals surface area contributed by atoms with Gasteiger partial charge in [0.05, 0.1) is 39.8 Å². The number of aryl methyl sites for hydroxylation is 2. The van der Waals surface area contributed by atoms with Gasteiger partial charge in [0.1, 0.15) is 11.3 Å². The van der Waals surface area contributed by atoms with E-state index >= 15 is 4.39 Å². The normalized spacial score (nSPS) is 25.3. The number of ether oxygens (including phenoxy) is 1. The van der Waals surface area contributed by atoms with Crippen LogP contribution in [0.25, 0.3) is 32.9 Å². The second-order valence-corrected chi connectivity index (χ2v) is 16.8. The summed E-state index contributed by atoms with van der Waals surface area (Å²) in [6.07, 6.45) is 4.00. The number of halogens is 5. The Morgan fingerprint density at radius 3 is 2.62 bits per heavy atom. The van der Waals surface area contributed by atoms with Crippen molar-refractivity contribution < 1.29 is 22.7 Å². The number of anilines is 1. The maximum Gasteiger partial charge on any atom is 0.388 e. The molecule has 2 aliphatic carbocycles. The predicted octanol–water partition coefficient (Wildman–Crippen LogP) is 8.78. The van der Waals surface area contributed by atoms with Crippen LogP contribution in [0.4, 0.5) is 19.0 Å². The molecule has 3 aromatic heterocycles. The van der Waals surface area contributed by atoms with Crippen LogP contribution < -0.4 is 15.0 Å². The molecule has 4 bridgehead atoms. The lowest BCUT2D eigenvalue weighted by atomic mass is 9.79. The number of hydrogen-bond acceptors (Lipinski definition) is 7. The monoisotopic (exact) mass is 799 g/mol. The number of pyridine rings is 2. The number of rotatable bonds is 9. The third-order valence-electron chi connectivity index (χ3n) is 12.8. The number of piperidine rings is 1. The number of alkyl halides is 2. The highest BCUT2D eigenvalue weighted by molar-refractivity contribution is 6.43. The number of carbonyl (C=O) groups is 1. The number of benzene rings is 2. The van der Waals surface area contributed by atoms with E-state index in [1.807, 2.05) is 13.0 Å². The van der Waals surface area contributed by atoms with Gasteiger partial charge in [-0.1, -0.05) is 41.4 Å². The van der Waals surface area contributed by atoms with Crippen LogP contribution in [0.5, 0.6) is 5.88 Å². The first kappa shape index (κ1) is 35.8. The lowest BCUT2D eigenvalue weighted by Gasteiger charge is -2.40. The number of amides is 1. The molecule has 5 aromatic rings. The third kappa shape index (κ3) is 5.64. The number of hydrogen-bond donors (Lipinski definition) is 1. The Hall–Kier alpha value is -4.57. The molecule has 9 nitrogen and oxygen atoms in total. The summed E-state index contributed by atoms with van der Waals surface area (Å²) in [5.41, 5.74) is 4.14. The van der Waals surface area contributed by atoms with Crippen molar-refractivity contribution in [3.8, 4) is 23.1 Å². The van der Waals surface area contributed by atoms with Gasteiger partial charge in [0, 0.05) is 83.3 Å². The molecule has 4 aliphatic heterocycles. The topological polar surface area (TPSA) is 99.3 Å². The molecule has 1 amide bonds. The zero-order chi connectivity index (χ0) is 38.6. The molecule has 2 aromatic carbocycles. The van der Waals surface area contributed by atoms with Crippen LogP contribution >= 0.6 is 23.2 Å². The zero-order valence-electron chi connectivity index (χ0n) is 30.5. The van der Waals surface area contributed by atoms with Crippen molar-refractivity contribution in [3.05, 3.63) is 81.3 Å². The van der Waals surface area contributed by atoms with E-state index in [2.05, 4.69) is 41.5 Å². The second kappa shape index (κ2) is 13.5. The van der Waals surface area contributed by atoms with Crippen molar-refractivity contribution in [2.75, 3.05) is 24.5 Å². The second-order valence-electron chi connectivity index (χ2n) is 16.0. The van der Waals surface area contributed by atoms with Crippen LogP contribution in [0.2, 0.25) is 10.0 Å². The van der Waals surface area contributed by atoms with E-state index in [1.165, 1.54) is 6.07 Å². The minimum absolute atomic E-state index is 0.00528. The van der Waals surface area contributed by atoms with Crippen LogP contribution in [0.3, 0.4) is 0 Å². The molecule has 6 unspecified atom stereocenters. The van der Waals surface area contributed by atoms with E-state index in [9.17, 15) is 18.8 Å². The van der Waals surface area contributed by atoms with Crippen molar-refractivity contribution in [3.63, 3.8) is 0 Å². The molecular weight excluding hydrogens is 762 g/mol. The number of nitrogens with zero attached hydrogens (tertiary/aromatic N) is 6. The van der Waals surface area contributed by atoms with Crippen molar-refractivity contribution >= 4 is 56.7 Å². The van der Waals surface area contributed by atoms with E-state index in [0.29, 0.717) is 58.5 Å². The maximum atomic E-state index is 17.3. The van der Waals surface area contributed by atoms with E-state index in [4.69, 9.17) is 28.2 Å². The zero-order valence-corrected chi connectivity index (χ0v) is 32.0. The molecule has 11 rings (SSSR count). The van der Waals surface area contributed by atoms with Gasteiger partial charge in [0.25, 0.3) is 0 Å². The number of aromatic nitrogens is 3. The first-order chi connectivity index (χ1) is 27.1. The summed E-state index contributed by atoms with van der Waals surface area (Å²) in [7, 11) is 0. The van der Waals surface area contributed by atoms with Crippen molar-refractivity contribution in [1.29, 1.82) is 5.26 Å². The van der Waals surface area contributed by atoms with E-state index in [-0.39, 0.29) is 70.3 Å². The van der Waals surface area contributed by atoms with E-state index in [1.54, 1.807) is 30.3 Å². The predicted molar refractivity (Wildman–Crippen MR) is 208 cm³/mol. The van der Waals surface area contributed by atoms with E-state index < -0.39 is 12.4 Å². The smallest absolute Gasteiger partial charge is 0.388 e. The molecule has 6 fully saturated rings. The van der Waals surface area contributed by atoms with Gasteiger partial charge in [-0.3, -0.25) is 4.79 Å². The maximum absolute atomic E-state index is 17.3. The van der Waals surface area contributed by atoms with Crippen molar-refractivity contribution in [1.82, 2.24) is 24.8 Å². The number of fused-ring (bicyclic) bond motifs is 6. The van der Waals surface area contributed by atoms with Gasteiger partial charge in [0.15, 0.2) is 5.82 Å². The summed E-state index contributed by atoms with van der Waals surface area (Å²) in [5.74, 6) is 0.346. The molecule has 56 heavy (non-hydrogen) atoms. The Labute approximate surface area is 331 Å². The fourth-order valence-corrected chi connectivity index (χ4v) is 10.6. The Morgan fingerprint density at radius 2 is 1.89 bits per heavy atom. The summed E-state index contributed by atoms with van der Waals surface area (Å²) in [4.78, 5) is 28.0. The first-order valence-electron chi connectivity index (χ1n) is 19.3. The summed E-state index contributed by atoms with van der Waals surface area (Å²) >= 11 is 13.1. The lowest BCUT2D eigenvalue weighted by Crippen LogP contribution is -2.45. The standard InChI is InChI=1S/C42H38Cl2F3N7O2/c1-20-27-16-31(39-24-13-25(53(39)41(55)21-10-11-21)19-52(18-24)32-8-3-9-33(51-32)56-42(46)47)54(38-23-15-30(38)49-17-23)40(27)28-14-22(5-4-12-48)34(36(45)37(28)50-20)26-6-2-7-29(43)35(26)44/h2-3,6-9,14,16,21,23-25,30,38-39,42,49H,4-5,10-11,13,15,17-19H2,1H3. The third-order valence-corrected chi connectivity index (χ3v) is 13.6. The van der Waals surface area contributed by atoms with Gasteiger partial charge in [-0.05, 0) is 74.8 Å². The molecule has 0 radical (unpaired) electrons. The quantitative estimate of drug-likeness (QED) is 0.159. The molecule has 7 heterocycles. The van der Waals surface area contributed by atoms with Gasteiger partial charge in [-0.25, -0.2) is 9.37 Å². The lowest BCUT2D eigenvalue weighted by molar-refractivity contribution is -0.135. The molecule has 6 aliphatic rings. The molecule has 4 saturated heterocycles. The highest BCUT2D eigenvalue weighted by Crippen LogP contribution is 2.54. The van der Waals surface area contributed by atoms with Gasteiger partial charge in [0.2, 0.25) is 11.8 Å². The molecular formula is C42H38Cl2F3N7O2. The van der Waals surface area contributed by atoms with Crippen LogP contribution in [-0.4, -0.2) is 63.7 Å². The average Bonchev–Trinajstić information content (AvgIpc) is 3.46. The summed E-state index contributed by atoms with van der Waals surface area (Å²) < 4.78 is 50.7. The largest absolute Gasteiger partial charge is 0.417 e. The van der Waals surface area contributed by atoms with Crippen molar-refractivity contribution in [2.45, 2.75) is 76.2 Å². The fourth-order valence-electron chi connectivity index (χ4n) is 10.2. The summed E-state index contributed by atoms with van der Waals surface area (Å²) in [6.45, 7) is 0.857. The highest BCUT2D eigenvalue weighted by atomic mass is 35.5. The number of likely N-dealkylation sites (tertiary alicyclic amines) is 1. The van der Waals surface area contributed by atoms with E-state index in [0.717, 1.165) is 48.8 Å². The van der Waals surface area contributed by atoms with Gasteiger partial charge >= 0.3 is 6.61 Å². The number of carbonyl (C=O) groups excluding carboxylic acids is 1. The number of nitrogens with one attached hydrogen (secondary N) is 1. The molecule has 6 atom stereocenters. The summed E-state index contributed by atoms with van der Waals surface area (Å²) in [5, 5.41) is 15.4. The van der Waals surface area contributed by atoms with Gasteiger partial charge in [-0.15, -0.1) is 0 Å². The Kier molecular flexibility index (Phi) is 8.65. The SMILES string of the molecule is Cc1nc2c(F)c(-c3cccc(Cl)c3Cl)c(CCC#N)cc2c2c1cc(C1C3CC(CN(c4cccc(OC(F)F)n4)C3)N1C(=O)C1CC1)n2C1C2CNC1C2. The Morgan fingerprint density at radius 1 is 1.07 bits per heavy atom. The first-order valence-corrected chi connectivity index (χ1v) is 20.1.